The second kappa shape index (κ2) is 10.4. The Kier molecular flexibility index (Phi) is 7.35. The monoisotopic (exact) mass is 413 g/mol. The Labute approximate surface area is 173 Å². The van der Waals surface area contributed by atoms with Crippen molar-refractivity contribution in [2.45, 2.75) is 19.3 Å². The van der Waals surface area contributed by atoms with E-state index < -0.39 is 5.97 Å². The molecule has 150 valence electrons. The molecule has 0 radical (unpaired) electrons. The summed E-state index contributed by atoms with van der Waals surface area (Å²) in [4.78, 5) is 27.8. The minimum absolute atomic E-state index is 0.0412. The van der Waals surface area contributed by atoms with Crippen molar-refractivity contribution in [3.05, 3.63) is 71.1 Å². The summed E-state index contributed by atoms with van der Waals surface area (Å²) in [7, 11) is 0. The van der Waals surface area contributed by atoms with Gasteiger partial charge in [0.05, 0.1) is 6.42 Å². The Morgan fingerprint density at radius 1 is 1.03 bits per heavy atom. The van der Waals surface area contributed by atoms with Crippen LogP contribution in [0.15, 0.2) is 59.1 Å². The van der Waals surface area contributed by atoms with Crippen LogP contribution in [-0.2, 0) is 27.2 Å². The van der Waals surface area contributed by atoms with E-state index in [0.717, 1.165) is 11.1 Å². The maximum atomic E-state index is 11.8. The Balaban J connectivity index is 1.34. The molecule has 29 heavy (non-hydrogen) atoms. The van der Waals surface area contributed by atoms with Gasteiger partial charge in [0.15, 0.2) is 6.61 Å². The zero-order chi connectivity index (χ0) is 20.5. The number of benzene rings is 2. The summed E-state index contributed by atoms with van der Waals surface area (Å²) in [6.45, 7) is 0.170. The lowest BCUT2D eigenvalue weighted by atomic mass is 10.1. The molecule has 0 fully saturated rings. The molecule has 0 spiro atoms. The van der Waals surface area contributed by atoms with E-state index in [9.17, 15) is 9.59 Å². The van der Waals surface area contributed by atoms with E-state index in [1.54, 1.807) is 24.3 Å². The van der Waals surface area contributed by atoms with Crippen molar-refractivity contribution in [3.63, 3.8) is 0 Å². The molecule has 0 aliphatic carbocycles. The van der Waals surface area contributed by atoms with Crippen molar-refractivity contribution in [1.29, 1.82) is 0 Å². The first kappa shape index (κ1) is 20.5. The number of nitrogens with zero attached hydrogens (tertiary/aromatic N) is 2. The van der Waals surface area contributed by atoms with Gasteiger partial charge in [-0.1, -0.05) is 47.1 Å². The van der Waals surface area contributed by atoms with Crippen LogP contribution in [0.5, 0.6) is 0 Å². The number of hydrogen-bond donors (Lipinski definition) is 1. The lowest BCUT2D eigenvalue weighted by Crippen LogP contribution is -2.30. The van der Waals surface area contributed by atoms with Gasteiger partial charge in [0.2, 0.25) is 11.7 Å². The summed E-state index contributed by atoms with van der Waals surface area (Å²) in [6, 6.07) is 16.8. The summed E-state index contributed by atoms with van der Waals surface area (Å²) in [5.41, 5.74) is 1.89. The summed E-state index contributed by atoms with van der Waals surface area (Å²) in [6.07, 6.45) is 0.988. The SMILES string of the molecule is O=C(COC(=O)CCc1nc(-c2ccc(Cl)cc2)no1)NCCc1ccccc1. The average Bonchev–Trinajstić information content (AvgIpc) is 3.21. The zero-order valence-electron chi connectivity index (χ0n) is 15.6. The number of hydrogen-bond acceptors (Lipinski definition) is 6. The van der Waals surface area contributed by atoms with Crippen molar-refractivity contribution >= 4 is 23.5 Å². The molecular weight excluding hydrogens is 394 g/mol. The highest BCUT2D eigenvalue weighted by atomic mass is 35.5. The maximum absolute atomic E-state index is 11.8. The van der Waals surface area contributed by atoms with Crippen molar-refractivity contribution < 1.29 is 18.8 Å². The third kappa shape index (κ3) is 6.73. The van der Waals surface area contributed by atoms with Crippen LogP contribution in [0, 0.1) is 0 Å². The first-order valence-corrected chi connectivity index (χ1v) is 9.53. The molecule has 1 amide bonds. The Morgan fingerprint density at radius 2 is 1.79 bits per heavy atom. The molecule has 1 N–H and O–H groups in total. The van der Waals surface area contributed by atoms with Gasteiger partial charge in [-0.2, -0.15) is 4.98 Å². The molecule has 2 aromatic carbocycles. The van der Waals surface area contributed by atoms with Gasteiger partial charge in [0, 0.05) is 23.6 Å². The van der Waals surface area contributed by atoms with Gasteiger partial charge in [0.25, 0.3) is 5.91 Å². The molecule has 1 heterocycles. The number of nitrogens with one attached hydrogen (secondary N) is 1. The molecule has 0 atom stereocenters. The van der Waals surface area contributed by atoms with Gasteiger partial charge >= 0.3 is 5.97 Å². The van der Waals surface area contributed by atoms with Crippen LogP contribution in [0.2, 0.25) is 5.02 Å². The average molecular weight is 414 g/mol. The van der Waals surface area contributed by atoms with Gasteiger partial charge in [0.1, 0.15) is 0 Å². The van der Waals surface area contributed by atoms with E-state index in [1.807, 2.05) is 30.3 Å². The predicted molar refractivity (Wildman–Crippen MR) is 107 cm³/mol. The Hall–Kier alpha value is -3.19. The molecular formula is C21H20ClN3O4. The van der Waals surface area contributed by atoms with Gasteiger partial charge in [-0.05, 0) is 36.2 Å². The molecule has 3 aromatic rings. The van der Waals surface area contributed by atoms with E-state index in [4.69, 9.17) is 20.9 Å². The number of amides is 1. The van der Waals surface area contributed by atoms with Crippen LogP contribution >= 0.6 is 11.6 Å². The van der Waals surface area contributed by atoms with Gasteiger partial charge < -0.3 is 14.6 Å². The summed E-state index contributed by atoms with van der Waals surface area (Å²) in [5, 5.41) is 7.22. The zero-order valence-corrected chi connectivity index (χ0v) is 16.4. The number of aromatic nitrogens is 2. The molecule has 8 heteroatoms. The molecule has 1 aromatic heterocycles. The van der Waals surface area contributed by atoms with Crippen molar-refractivity contribution in [3.8, 4) is 11.4 Å². The molecule has 0 bridgehead atoms. The fraction of sp³-hybridized carbons (Fsp3) is 0.238. The van der Waals surface area contributed by atoms with E-state index in [2.05, 4.69) is 15.5 Å². The smallest absolute Gasteiger partial charge is 0.306 e. The molecule has 7 nitrogen and oxygen atoms in total. The molecule has 0 aliphatic heterocycles. The third-order valence-corrected chi connectivity index (χ3v) is 4.31. The number of ether oxygens (including phenoxy) is 1. The predicted octanol–water partition coefficient (Wildman–Crippen LogP) is 3.22. The van der Waals surface area contributed by atoms with Gasteiger partial charge in [-0.15, -0.1) is 0 Å². The summed E-state index contributed by atoms with van der Waals surface area (Å²) >= 11 is 5.85. The number of halogens is 1. The van der Waals surface area contributed by atoms with Crippen LogP contribution in [0.4, 0.5) is 0 Å². The van der Waals surface area contributed by atoms with Crippen LogP contribution < -0.4 is 5.32 Å². The highest BCUT2D eigenvalue weighted by Gasteiger charge is 2.12. The van der Waals surface area contributed by atoms with Crippen molar-refractivity contribution in [1.82, 2.24) is 15.5 Å². The topological polar surface area (TPSA) is 94.3 Å². The maximum Gasteiger partial charge on any atom is 0.306 e. The number of aryl methyl sites for hydroxylation is 1. The standard InChI is InChI=1S/C21H20ClN3O4/c22-17-8-6-16(7-9-17)21-24-19(29-25-21)10-11-20(27)28-14-18(26)23-13-12-15-4-2-1-3-5-15/h1-9H,10-14H2,(H,23,26). The molecule has 0 saturated carbocycles. The van der Waals surface area contributed by atoms with Crippen molar-refractivity contribution in [2.75, 3.05) is 13.2 Å². The third-order valence-electron chi connectivity index (χ3n) is 4.06. The first-order chi connectivity index (χ1) is 14.1. The second-order valence-electron chi connectivity index (χ2n) is 6.26. The number of rotatable bonds is 9. The highest BCUT2D eigenvalue weighted by molar-refractivity contribution is 6.30. The number of carbonyl (C=O) groups excluding carboxylic acids is 2. The molecule has 0 unspecified atom stereocenters. The summed E-state index contributed by atoms with van der Waals surface area (Å²) < 4.78 is 10.1. The Morgan fingerprint density at radius 3 is 2.55 bits per heavy atom. The number of esters is 1. The first-order valence-electron chi connectivity index (χ1n) is 9.15. The fourth-order valence-electron chi connectivity index (χ4n) is 2.54. The van der Waals surface area contributed by atoms with E-state index >= 15 is 0 Å². The second-order valence-corrected chi connectivity index (χ2v) is 6.70. The normalized spacial score (nSPS) is 10.5. The van der Waals surface area contributed by atoms with Crippen LogP contribution in [0.1, 0.15) is 17.9 Å². The van der Waals surface area contributed by atoms with Crippen LogP contribution in [0.25, 0.3) is 11.4 Å². The van der Waals surface area contributed by atoms with E-state index in [-0.39, 0.29) is 25.4 Å². The fourth-order valence-corrected chi connectivity index (χ4v) is 2.67. The van der Waals surface area contributed by atoms with Crippen LogP contribution in [-0.4, -0.2) is 35.2 Å². The minimum atomic E-state index is -0.505. The van der Waals surface area contributed by atoms with Gasteiger partial charge in [-0.3, -0.25) is 9.59 Å². The molecule has 0 aliphatic rings. The summed E-state index contributed by atoms with van der Waals surface area (Å²) in [5.74, 6) is -0.103. The largest absolute Gasteiger partial charge is 0.456 e. The number of carbonyl (C=O) groups is 2. The van der Waals surface area contributed by atoms with E-state index in [0.29, 0.717) is 29.7 Å². The highest BCUT2D eigenvalue weighted by Crippen LogP contribution is 2.19. The van der Waals surface area contributed by atoms with Gasteiger partial charge in [-0.25, -0.2) is 0 Å². The molecule has 3 rings (SSSR count). The minimum Gasteiger partial charge on any atom is -0.456 e. The lowest BCUT2D eigenvalue weighted by molar-refractivity contribution is -0.148. The quantitative estimate of drug-likeness (QED) is 0.541. The van der Waals surface area contributed by atoms with Crippen LogP contribution in [0.3, 0.4) is 0 Å². The molecule has 0 saturated heterocycles. The van der Waals surface area contributed by atoms with E-state index in [1.165, 1.54) is 0 Å². The Bertz CT molecular complexity index is 942. The van der Waals surface area contributed by atoms with Crippen molar-refractivity contribution in [2.24, 2.45) is 0 Å². The lowest BCUT2D eigenvalue weighted by Gasteiger charge is -2.06.